The third-order valence-electron chi connectivity index (χ3n) is 0.598. The van der Waals surface area contributed by atoms with E-state index in [-0.39, 0.29) is 21.7 Å². The molecule has 4 heteroatoms. The summed E-state index contributed by atoms with van der Waals surface area (Å²) in [4.78, 5) is 0. The Balaban J connectivity index is -0.0000000428. The average molecular weight is 199 g/mol. The standard InChI is InChI=1S/C5H11O.2CH4O.Ti/c1-3-4-5-6-2;2*1-2;/h1,3-5H2,2H3;2*2H,1H3;/q-1;;;. The molecular formula is C7H19O3Ti-. The predicted molar refractivity (Wildman–Crippen MR) is 42.8 cm³/mol. The van der Waals surface area contributed by atoms with E-state index < -0.39 is 0 Å². The first kappa shape index (κ1) is 22.6. The number of methoxy groups -OCH3 is 1. The largest absolute Gasteiger partial charge is 0.400 e. The third-order valence-corrected chi connectivity index (χ3v) is 0.598. The van der Waals surface area contributed by atoms with Crippen LogP contribution in [0.4, 0.5) is 0 Å². The first-order valence-electron chi connectivity index (χ1n) is 3.09. The monoisotopic (exact) mass is 199 g/mol. The van der Waals surface area contributed by atoms with Crippen molar-refractivity contribution in [3.63, 3.8) is 0 Å². The zero-order chi connectivity index (χ0) is 8.83. The summed E-state index contributed by atoms with van der Waals surface area (Å²) in [6.45, 7) is 4.49. The van der Waals surface area contributed by atoms with Gasteiger partial charge in [-0.3, -0.25) is 0 Å². The van der Waals surface area contributed by atoms with Crippen LogP contribution < -0.4 is 0 Å². The molecule has 0 aromatic heterocycles. The predicted octanol–water partition coefficient (Wildman–Crippen LogP) is 0.462. The van der Waals surface area contributed by atoms with Gasteiger partial charge in [-0.2, -0.15) is 6.42 Å². The Hall–Kier alpha value is 0.594. The van der Waals surface area contributed by atoms with Crippen molar-refractivity contribution >= 4 is 0 Å². The Morgan fingerprint density at radius 3 is 1.64 bits per heavy atom. The van der Waals surface area contributed by atoms with Crippen molar-refractivity contribution in [1.29, 1.82) is 0 Å². The summed E-state index contributed by atoms with van der Waals surface area (Å²) >= 11 is 0. The molecule has 0 atom stereocenters. The molecule has 0 heterocycles. The maximum absolute atomic E-state index is 7.00. The van der Waals surface area contributed by atoms with Crippen LogP contribution in [0.15, 0.2) is 0 Å². The second-order valence-electron chi connectivity index (χ2n) is 1.20. The molecule has 0 spiro atoms. The Kier molecular flexibility index (Phi) is 94.8. The minimum Gasteiger partial charge on any atom is -0.400 e. The Morgan fingerprint density at radius 1 is 1.18 bits per heavy atom. The van der Waals surface area contributed by atoms with Crippen molar-refractivity contribution in [2.24, 2.45) is 0 Å². The van der Waals surface area contributed by atoms with E-state index in [0.717, 1.165) is 33.7 Å². The minimum absolute atomic E-state index is 0. The number of ether oxygens (including phenoxy) is 1. The van der Waals surface area contributed by atoms with Crippen molar-refractivity contribution < 1.29 is 36.7 Å². The normalized spacial score (nSPS) is 6.00. The maximum atomic E-state index is 7.00. The summed E-state index contributed by atoms with van der Waals surface area (Å²) in [7, 11) is 3.70. The van der Waals surface area contributed by atoms with Crippen molar-refractivity contribution in [3.8, 4) is 0 Å². The molecular weight excluding hydrogens is 180 g/mol. The fourth-order valence-electron chi connectivity index (χ4n) is 0.246. The van der Waals surface area contributed by atoms with Crippen LogP contribution in [0, 0.1) is 6.92 Å². The van der Waals surface area contributed by atoms with Gasteiger partial charge in [-0.1, -0.05) is 6.42 Å². The van der Waals surface area contributed by atoms with Gasteiger partial charge in [0.1, 0.15) is 0 Å². The van der Waals surface area contributed by atoms with Crippen LogP contribution in [0.2, 0.25) is 0 Å². The van der Waals surface area contributed by atoms with Gasteiger partial charge < -0.3 is 21.9 Å². The Bertz CT molecular complexity index is 25.6. The third kappa shape index (κ3) is 60.6. The van der Waals surface area contributed by atoms with Gasteiger partial charge in [0.05, 0.1) is 0 Å². The second-order valence-corrected chi connectivity index (χ2v) is 1.20. The molecule has 0 aromatic rings. The summed E-state index contributed by atoms with van der Waals surface area (Å²) < 4.78 is 4.74. The van der Waals surface area contributed by atoms with E-state index in [1.807, 2.05) is 0 Å². The average Bonchev–Trinajstić information content (AvgIpc) is 2.08. The van der Waals surface area contributed by atoms with Gasteiger partial charge >= 0.3 is 0 Å². The summed E-state index contributed by atoms with van der Waals surface area (Å²) in [5.74, 6) is 0. The summed E-state index contributed by atoms with van der Waals surface area (Å²) in [5.41, 5.74) is 0. The molecule has 0 aliphatic rings. The van der Waals surface area contributed by atoms with E-state index in [4.69, 9.17) is 14.9 Å². The maximum Gasteiger partial charge on any atom is 0.0437 e. The van der Waals surface area contributed by atoms with Gasteiger partial charge in [0.25, 0.3) is 0 Å². The molecule has 0 radical (unpaired) electrons. The van der Waals surface area contributed by atoms with Crippen LogP contribution in [-0.4, -0.2) is 38.1 Å². The van der Waals surface area contributed by atoms with Crippen molar-refractivity contribution in [1.82, 2.24) is 0 Å². The quantitative estimate of drug-likeness (QED) is 0.394. The van der Waals surface area contributed by atoms with Crippen molar-refractivity contribution in [2.45, 2.75) is 12.8 Å². The van der Waals surface area contributed by atoms with Gasteiger partial charge in [0, 0.05) is 49.7 Å². The van der Waals surface area contributed by atoms with E-state index >= 15 is 0 Å². The molecule has 0 saturated heterocycles. The van der Waals surface area contributed by atoms with Crippen LogP contribution >= 0.6 is 0 Å². The van der Waals surface area contributed by atoms with E-state index in [2.05, 4.69) is 6.92 Å². The van der Waals surface area contributed by atoms with Gasteiger partial charge in [-0.05, 0) is 0 Å². The van der Waals surface area contributed by atoms with E-state index in [1.54, 1.807) is 7.11 Å². The fraction of sp³-hybridized carbons (Fsp3) is 0.857. The number of rotatable bonds is 3. The molecule has 0 aromatic carbocycles. The zero-order valence-corrected chi connectivity index (χ0v) is 9.19. The van der Waals surface area contributed by atoms with Crippen LogP contribution in [0.3, 0.4) is 0 Å². The molecule has 0 aliphatic carbocycles. The minimum atomic E-state index is 0. The number of aliphatic hydroxyl groups excluding tert-OH is 2. The molecule has 0 amide bonds. The van der Waals surface area contributed by atoms with E-state index in [1.165, 1.54) is 0 Å². The Labute approximate surface area is 84.6 Å². The molecule has 70 valence electrons. The molecule has 11 heavy (non-hydrogen) atoms. The molecule has 3 nitrogen and oxygen atoms in total. The van der Waals surface area contributed by atoms with E-state index in [0.29, 0.717) is 0 Å². The number of aliphatic hydroxyl groups is 2. The van der Waals surface area contributed by atoms with Gasteiger partial charge in [-0.15, -0.1) is 0 Å². The van der Waals surface area contributed by atoms with Crippen molar-refractivity contribution in [2.75, 3.05) is 27.9 Å². The molecule has 0 unspecified atom stereocenters. The summed E-state index contributed by atoms with van der Waals surface area (Å²) in [6.07, 6.45) is 2.06. The number of unbranched alkanes of at least 4 members (excludes halogenated alkanes) is 1. The number of hydrogen-bond acceptors (Lipinski definition) is 3. The SMILES string of the molecule is CO.CO.[CH2-]CCCOC.[Ti]. The first-order valence-corrected chi connectivity index (χ1v) is 3.09. The van der Waals surface area contributed by atoms with Gasteiger partial charge in [0.2, 0.25) is 0 Å². The first-order chi connectivity index (χ1) is 4.91. The molecule has 0 fully saturated rings. The van der Waals surface area contributed by atoms with E-state index in [9.17, 15) is 0 Å². The summed E-state index contributed by atoms with van der Waals surface area (Å²) in [6, 6.07) is 0. The molecule has 0 saturated carbocycles. The molecule has 0 aliphatic heterocycles. The fourth-order valence-corrected chi connectivity index (χ4v) is 0.246. The molecule has 0 rings (SSSR count). The van der Waals surface area contributed by atoms with Gasteiger partial charge in [0.15, 0.2) is 0 Å². The molecule has 2 N–H and O–H groups in total. The van der Waals surface area contributed by atoms with Crippen LogP contribution in [0.1, 0.15) is 12.8 Å². The Morgan fingerprint density at radius 2 is 1.55 bits per heavy atom. The zero-order valence-electron chi connectivity index (χ0n) is 7.63. The van der Waals surface area contributed by atoms with Crippen LogP contribution in [-0.2, 0) is 26.5 Å². The topological polar surface area (TPSA) is 49.7 Å². The smallest absolute Gasteiger partial charge is 0.0437 e. The van der Waals surface area contributed by atoms with Gasteiger partial charge in [-0.25, -0.2) is 0 Å². The number of hydrogen-bond donors (Lipinski definition) is 2. The van der Waals surface area contributed by atoms with Crippen molar-refractivity contribution in [3.05, 3.63) is 6.92 Å². The molecule has 0 bridgehead atoms. The van der Waals surface area contributed by atoms with Crippen LogP contribution in [0.5, 0.6) is 0 Å². The van der Waals surface area contributed by atoms with Crippen LogP contribution in [0.25, 0.3) is 0 Å². The second kappa shape index (κ2) is 46.2. The summed E-state index contributed by atoms with van der Waals surface area (Å²) in [5, 5.41) is 14.0.